The largest absolute Gasteiger partial charge is 0.465 e. The maximum atomic E-state index is 13.3. The molecule has 164 valence electrons. The standard InChI is InChI=1S/C22H26N4O4S/c1-12(2)11-26-14(4)18(20(27)23-17-10-13(3)30-25-17)19(24-22(26)31)15-6-8-16(9-7-15)21(28)29-5/h6-10,12,19H,11H2,1-5H3,(H,24,31)(H,23,25,27)/t19-/m0/s1. The Labute approximate surface area is 186 Å². The molecule has 2 heterocycles. The van der Waals surface area contributed by atoms with Crippen molar-refractivity contribution in [2.45, 2.75) is 33.7 Å². The number of allylic oxidation sites excluding steroid dienone is 1. The van der Waals surface area contributed by atoms with Crippen LogP contribution in [0.2, 0.25) is 0 Å². The Morgan fingerprint density at radius 1 is 1.29 bits per heavy atom. The molecule has 1 atom stereocenters. The zero-order chi connectivity index (χ0) is 22.7. The van der Waals surface area contributed by atoms with Gasteiger partial charge in [0.2, 0.25) is 0 Å². The van der Waals surface area contributed by atoms with Gasteiger partial charge in [-0.15, -0.1) is 0 Å². The molecule has 0 aliphatic carbocycles. The van der Waals surface area contributed by atoms with Crippen LogP contribution < -0.4 is 10.6 Å². The highest BCUT2D eigenvalue weighted by Gasteiger charge is 2.34. The third kappa shape index (κ3) is 4.93. The number of nitrogens with one attached hydrogen (secondary N) is 2. The average molecular weight is 443 g/mol. The van der Waals surface area contributed by atoms with Gasteiger partial charge in [0, 0.05) is 18.3 Å². The van der Waals surface area contributed by atoms with Crippen molar-refractivity contribution in [2.24, 2.45) is 5.92 Å². The molecule has 9 heteroatoms. The van der Waals surface area contributed by atoms with Gasteiger partial charge in [0.25, 0.3) is 5.91 Å². The zero-order valence-corrected chi connectivity index (χ0v) is 19.0. The van der Waals surface area contributed by atoms with Crippen LogP contribution in [-0.2, 0) is 9.53 Å². The number of rotatable bonds is 6. The van der Waals surface area contributed by atoms with Gasteiger partial charge < -0.3 is 24.8 Å². The van der Waals surface area contributed by atoms with Gasteiger partial charge in [0.1, 0.15) is 5.76 Å². The van der Waals surface area contributed by atoms with Crippen LogP contribution in [0.3, 0.4) is 0 Å². The lowest BCUT2D eigenvalue weighted by atomic mass is 9.93. The van der Waals surface area contributed by atoms with Crippen molar-refractivity contribution in [1.82, 2.24) is 15.4 Å². The highest BCUT2D eigenvalue weighted by atomic mass is 32.1. The summed E-state index contributed by atoms with van der Waals surface area (Å²) in [7, 11) is 1.33. The van der Waals surface area contributed by atoms with E-state index >= 15 is 0 Å². The Morgan fingerprint density at radius 2 is 1.97 bits per heavy atom. The summed E-state index contributed by atoms with van der Waals surface area (Å²) in [6.45, 7) is 8.49. The highest BCUT2D eigenvalue weighted by molar-refractivity contribution is 7.80. The summed E-state index contributed by atoms with van der Waals surface area (Å²) in [6.07, 6.45) is 0. The van der Waals surface area contributed by atoms with Crippen molar-refractivity contribution < 1.29 is 18.8 Å². The number of methoxy groups -OCH3 is 1. The first-order chi connectivity index (χ1) is 14.7. The molecule has 0 saturated heterocycles. The van der Waals surface area contributed by atoms with E-state index in [0.29, 0.717) is 40.3 Å². The molecule has 1 aliphatic rings. The number of aromatic nitrogens is 1. The summed E-state index contributed by atoms with van der Waals surface area (Å²) in [5.74, 6) is 0.545. The molecule has 1 aromatic heterocycles. The van der Waals surface area contributed by atoms with Gasteiger partial charge in [-0.2, -0.15) is 0 Å². The molecule has 0 fully saturated rings. The molecule has 8 nitrogen and oxygen atoms in total. The molecular formula is C22H26N4O4S. The Kier molecular flexibility index (Phi) is 6.74. The fourth-order valence-electron chi connectivity index (χ4n) is 3.45. The first-order valence-electron chi connectivity index (χ1n) is 9.93. The molecule has 1 aromatic carbocycles. The number of hydrogen-bond donors (Lipinski definition) is 2. The van der Waals surface area contributed by atoms with Gasteiger partial charge in [-0.25, -0.2) is 4.79 Å². The van der Waals surface area contributed by atoms with Crippen LogP contribution in [0, 0.1) is 12.8 Å². The number of amides is 1. The van der Waals surface area contributed by atoms with Crippen molar-refractivity contribution in [3.63, 3.8) is 0 Å². The summed E-state index contributed by atoms with van der Waals surface area (Å²) in [5, 5.41) is 10.5. The molecule has 0 saturated carbocycles. The van der Waals surface area contributed by atoms with Crippen LogP contribution >= 0.6 is 12.2 Å². The normalized spacial score (nSPS) is 16.4. The Balaban J connectivity index is 2.01. The molecule has 1 aliphatic heterocycles. The summed E-state index contributed by atoms with van der Waals surface area (Å²) in [6, 6.07) is 8.06. The average Bonchev–Trinajstić information content (AvgIpc) is 3.14. The summed E-state index contributed by atoms with van der Waals surface area (Å²) in [5.41, 5.74) is 2.49. The summed E-state index contributed by atoms with van der Waals surface area (Å²) >= 11 is 5.61. The minimum Gasteiger partial charge on any atom is -0.465 e. The summed E-state index contributed by atoms with van der Waals surface area (Å²) < 4.78 is 9.82. The van der Waals surface area contributed by atoms with E-state index in [1.54, 1.807) is 37.3 Å². The van der Waals surface area contributed by atoms with Crippen molar-refractivity contribution in [1.29, 1.82) is 0 Å². The van der Waals surface area contributed by atoms with Crippen molar-refractivity contribution in [3.8, 4) is 0 Å². The number of hydrogen-bond acceptors (Lipinski definition) is 6. The van der Waals surface area contributed by atoms with Gasteiger partial charge in [-0.3, -0.25) is 4.79 Å². The van der Waals surface area contributed by atoms with Crippen LogP contribution in [0.1, 0.15) is 48.5 Å². The number of aryl methyl sites for hydroxylation is 1. The molecule has 1 amide bonds. The van der Waals surface area contributed by atoms with Crippen molar-refractivity contribution in [2.75, 3.05) is 19.0 Å². The lowest BCUT2D eigenvalue weighted by Crippen LogP contribution is -2.49. The second-order valence-electron chi connectivity index (χ2n) is 7.78. The first-order valence-corrected chi connectivity index (χ1v) is 10.3. The van der Waals surface area contributed by atoms with Gasteiger partial charge in [-0.05, 0) is 49.7 Å². The smallest absolute Gasteiger partial charge is 0.337 e. The number of thiocarbonyl (C=S) groups is 1. The van der Waals surface area contributed by atoms with Crippen LogP contribution in [0.25, 0.3) is 0 Å². The van der Waals surface area contributed by atoms with E-state index in [0.717, 1.165) is 11.3 Å². The lowest BCUT2D eigenvalue weighted by Gasteiger charge is -2.38. The second kappa shape index (κ2) is 9.30. The number of nitrogens with zero attached hydrogens (tertiary/aromatic N) is 2. The van der Waals surface area contributed by atoms with Crippen LogP contribution in [0.4, 0.5) is 5.82 Å². The monoisotopic (exact) mass is 442 g/mol. The number of carbonyl (C=O) groups excluding carboxylic acids is 2. The third-order valence-electron chi connectivity index (χ3n) is 4.92. The van der Waals surface area contributed by atoms with Crippen molar-refractivity contribution in [3.05, 3.63) is 58.5 Å². The van der Waals surface area contributed by atoms with E-state index in [1.807, 2.05) is 11.8 Å². The number of carbonyl (C=O) groups is 2. The number of esters is 1. The molecule has 0 spiro atoms. The Hall–Kier alpha value is -3.20. The Bertz CT molecular complexity index is 1030. The number of benzene rings is 1. The van der Waals surface area contributed by atoms with E-state index in [2.05, 4.69) is 29.6 Å². The second-order valence-corrected chi connectivity index (χ2v) is 8.16. The molecule has 31 heavy (non-hydrogen) atoms. The van der Waals surface area contributed by atoms with E-state index in [9.17, 15) is 9.59 Å². The molecular weight excluding hydrogens is 416 g/mol. The quantitative estimate of drug-likeness (QED) is 0.518. The topological polar surface area (TPSA) is 96.7 Å². The third-order valence-corrected chi connectivity index (χ3v) is 5.26. The van der Waals surface area contributed by atoms with E-state index in [1.165, 1.54) is 7.11 Å². The van der Waals surface area contributed by atoms with Gasteiger partial charge in [-0.1, -0.05) is 31.1 Å². The maximum Gasteiger partial charge on any atom is 0.337 e. The van der Waals surface area contributed by atoms with Crippen LogP contribution in [0.5, 0.6) is 0 Å². The van der Waals surface area contributed by atoms with Crippen LogP contribution in [-0.4, -0.2) is 40.7 Å². The predicted octanol–water partition coefficient (Wildman–Crippen LogP) is 3.57. The number of ether oxygens (including phenoxy) is 1. The van der Waals surface area contributed by atoms with Gasteiger partial charge in [0.15, 0.2) is 10.9 Å². The fourth-order valence-corrected chi connectivity index (χ4v) is 3.78. The molecule has 0 unspecified atom stereocenters. The van der Waals surface area contributed by atoms with E-state index in [-0.39, 0.29) is 5.91 Å². The SMILES string of the molecule is COC(=O)c1ccc([C@@H]2NC(=S)N(CC(C)C)C(C)=C2C(=O)Nc2cc(C)on2)cc1. The predicted molar refractivity (Wildman–Crippen MR) is 120 cm³/mol. The molecule has 0 bridgehead atoms. The van der Waals surface area contributed by atoms with Gasteiger partial charge >= 0.3 is 5.97 Å². The highest BCUT2D eigenvalue weighted by Crippen LogP contribution is 2.32. The van der Waals surface area contributed by atoms with E-state index in [4.69, 9.17) is 21.5 Å². The minimum atomic E-state index is -0.490. The molecule has 0 radical (unpaired) electrons. The Morgan fingerprint density at radius 3 is 2.52 bits per heavy atom. The fraction of sp³-hybridized carbons (Fsp3) is 0.364. The van der Waals surface area contributed by atoms with E-state index < -0.39 is 12.0 Å². The first kappa shape index (κ1) is 22.5. The molecule has 3 rings (SSSR count). The zero-order valence-electron chi connectivity index (χ0n) is 18.2. The molecule has 2 N–H and O–H groups in total. The van der Waals surface area contributed by atoms with Crippen molar-refractivity contribution >= 4 is 35.0 Å². The van der Waals surface area contributed by atoms with Crippen LogP contribution in [0.15, 0.2) is 46.1 Å². The maximum absolute atomic E-state index is 13.3. The van der Waals surface area contributed by atoms with Gasteiger partial charge in [0.05, 0.1) is 24.3 Å². The number of anilines is 1. The lowest BCUT2D eigenvalue weighted by molar-refractivity contribution is -0.113. The minimum absolute atomic E-state index is 0.309. The summed E-state index contributed by atoms with van der Waals surface area (Å²) in [4.78, 5) is 27.0. The molecule has 2 aromatic rings.